The van der Waals surface area contributed by atoms with Crippen molar-refractivity contribution >= 4 is 10.0 Å². The van der Waals surface area contributed by atoms with Crippen LogP contribution in [0.4, 0.5) is 0 Å². The van der Waals surface area contributed by atoms with E-state index in [1.165, 1.54) is 21.0 Å². The van der Waals surface area contributed by atoms with Crippen LogP contribution in [0, 0.1) is 13.8 Å². The number of sulfonamides is 1. The fourth-order valence-electron chi connectivity index (χ4n) is 2.76. The molecule has 0 aromatic heterocycles. The van der Waals surface area contributed by atoms with E-state index in [9.17, 15) is 8.42 Å². The Morgan fingerprint density at radius 3 is 1.96 bits per heavy atom. The molecule has 0 amide bonds. The summed E-state index contributed by atoms with van der Waals surface area (Å²) in [7, 11) is -3.38. The van der Waals surface area contributed by atoms with Gasteiger partial charge in [-0.15, -0.1) is 0 Å². The van der Waals surface area contributed by atoms with Crippen LogP contribution in [0.15, 0.2) is 47.4 Å². The Balaban J connectivity index is 1.97. The molecule has 4 nitrogen and oxygen atoms in total. The van der Waals surface area contributed by atoms with Crippen molar-refractivity contribution in [3.05, 3.63) is 64.7 Å². The van der Waals surface area contributed by atoms with E-state index < -0.39 is 10.0 Å². The summed E-state index contributed by atoms with van der Waals surface area (Å²) in [5.41, 5.74) is 4.92. The number of nitrogens with zero attached hydrogens (tertiary/aromatic N) is 1. The third-order valence-corrected chi connectivity index (χ3v) is 6.56. The van der Waals surface area contributed by atoms with Gasteiger partial charge in [0, 0.05) is 26.2 Å². The Hall–Kier alpha value is -1.69. The van der Waals surface area contributed by atoms with Crippen molar-refractivity contribution in [1.29, 1.82) is 0 Å². The summed E-state index contributed by atoms with van der Waals surface area (Å²) < 4.78 is 26.4. The van der Waals surface area contributed by atoms with Crippen LogP contribution in [0.1, 0.15) is 36.1 Å². The van der Waals surface area contributed by atoms with Crippen LogP contribution in [0.25, 0.3) is 0 Å². The molecule has 1 N–H and O–H groups in total. The maximum Gasteiger partial charge on any atom is 0.243 e. The van der Waals surface area contributed by atoms with Gasteiger partial charge in [0.2, 0.25) is 10.0 Å². The summed E-state index contributed by atoms with van der Waals surface area (Å²) in [5.74, 6) is 0. The highest BCUT2D eigenvalue weighted by Crippen LogP contribution is 2.16. The largest absolute Gasteiger partial charge is 0.309 e. The van der Waals surface area contributed by atoms with Crippen LogP contribution in [0.5, 0.6) is 0 Å². The standard InChI is InChI=1S/C20H28N2O2S/c1-5-22(6-2)25(23,24)20-11-9-18(10-12-20)14-21-15-19-8-7-16(3)17(4)13-19/h7-13,21H,5-6,14-15H2,1-4H3. The first-order chi connectivity index (χ1) is 11.9. The fraction of sp³-hybridized carbons (Fsp3) is 0.400. The molecule has 0 saturated heterocycles. The summed E-state index contributed by atoms with van der Waals surface area (Å²) in [5, 5.41) is 3.41. The average molecular weight is 361 g/mol. The second-order valence-corrected chi connectivity index (χ2v) is 8.19. The molecule has 0 radical (unpaired) electrons. The van der Waals surface area contributed by atoms with Crippen molar-refractivity contribution in [3.63, 3.8) is 0 Å². The van der Waals surface area contributed by atoms with Gasteiger partial charge in [0.25, 0.3) is 0 Å². The highest BCUT2D eigenvalue weighted by molar-refractivity contribution is 7.89. The van der Waals surface area contributed by atoms with Gasteiger partial charge in [0.15, 0.2) is 0 Å². The number of hydrogen-bond donors (Lipinski definition) is 1. The van der Waals surface area contributed by atoms with Crippen LogP contribution in [0.3, 0.4) is 0 Å². The van der Waals surface area contributed by atoms with E-state index in [1.54, 1.807) is 12.1 Å². The van der Waals surface area contributed by atoms with Gasteiger partial charge in [-0.05, 0) is 48.2 Å². The zero-order valence-corrected chi connectivity index (χ0v) is 16.4. The summed E-state index contributed by atoms with van der Waals surface area (Å²) in [4.78, 5) is 0.356. The summed E-state index contributed by atoms with van der Waals surface area (Å²) >= 11 is 0. The molecule has 5 heteroatoms. The van der Waals surface area contributed by atoms with E-state index in [2.05, 4.69) is 37.4 Å². The van der Waals surface area contributed by atoms with Crippen molar-refractivity contribution < 1.29 is 8.42 Å². The van der Waals surface area contributed by atoms with Gasteiger partial charge < -0.3 is 5.32 Å². The van der Waals surface area contributed by atoms with Gasteiger partial charge in [-0.2, -0.15) is 4.31 Å². The Morgan fingerprint density at radius 2 is 1.40 bits per heavy atom. The lowest BCUT2D eigenvalue weighted by molar-refractivity contribution is 0.445. The van der Waals surface area contributed by atoms with Crippen molar-refractivity contribution in [3.8, 4) is 0 Å². The van der Waals surface area contributed by atoms with E-state index in [4.69, 9.17) is 0 Å². The lowest BCUT2D eigenvalue weighted by atomic mass is 10.1. The zero-order chi connectivity index (χ0) is 18.4. The monoisotopic (exact) mass is 360 g/mol. The van der Waals surface area contributed by atoms with Crippen LogP contribution in [-0.2, 0) is 23.1 Å². The predicted octanol–water partition coefficient (Wildman–Crippen LogP) is 3.62. The van der Waals surface area contributed by atoms with E-state index in [0.717, 1.165) is 12.1 Å². The van der Waals surface area contributed by atoms with Crippen molar-refractivity contribution in [1.82, 2.24) is 9.62 Å². The number of benzene rings is 2. The first-order valence-corrected chi connectivity index (χ1v) is 10.2. The fourth-order valence-corrected chi connectivity index (χ4v) is 4.21. The average Bonchev–Trinajstić information content (AvgIpc) is 2.59. The third-order valence-electron chi connectivity index (χ3n) is 4.50. The molecule has 0 bridgehead atoms. The summed E-state index contributed by atoms with van der Waals surface area (Å²) in [6.07, 6.45) is 0. The van der Waals surface area contributed by atoms with Crippen LogP contribution >= 0.6 is 0 Å². The summed E-state index contributed by atoms with van der Waals surface area (Å²) in [6, 6.07) is 13.6. The van der Waals surface area contributed by atoms with Gasteiger partial charge in [-0.25, -0.2) is 8.42 Å². The molecule has 0 unspecified atom stereocenters. The Bertz CT molecular complexity index is 795. The van der Waals surface area contributed by atoms with E-state index in [1.807, 2.05) is 26.0 Å². The van der Waals surface area contributed by atoms with Gasteiger partial charge in [-0.1, -0.05) is 44.2 Å². The third kappa shape index (κ3) is 4.91. The highest BCUT2D eigenvalue weighted by Gasteiger charge is 2.20. The molecule has 0 aliphatic carbocycles. The molecular weight excluding hydrogens is 332 g/mol. The van der Waals surface area contributed by atoms with Crippen LogP contribution in [-0.4, -0.2) is 25.8 Å². The topological polar surface area (TPSA) is 49.4 Å². The molecule has 136 valence electrons. The van der Waals surface area contributed by atoms with Crippen molar-refractivity contribution in [2.75, 3.05) is 13.1 Å². The highest BCUT2D eigenvalue weighted by atomic mass is 32.2. The number of rotatable bonds is 8. The van der Waals surface area contributed by atoms with Gasteiger partial charge in [0.05, 0.1) is 4.90 Å². The Labute approximate surface area is 151 Å². The Morgan fingerprint density at radius 1 is 0.840 bits per heavy atom. The maximum absolute atomic E-state index is 12.5. The van der Waals surface area contributed by atoms with Crippen molar-refractivity contribution in [2.45, 2.75) is 45.7 Å². The van der Waals surface area contributed by atoms with Crippen LogP contribution in [0.2, 0.25) is 0 Å². The quantitative estimate of drug-likeness (QED) is 0.782. The smallest absolute Gasteiger partial charge is 0.243 e. The number of nitrogens with one attached hydrogen (secondary N) is 1. The molecule has 0 spiro atoms. The first-order valence-electron chi connectivity index (χ1n) is 8.74. The minimum atomic E-state index is -3.38. The predicted molar refractivity (Wildman–Crippen MR) is 103 cm³/mol. The second-order valence-electron chi connectivity index (χ2n) is 6.26. The molecule has 0 aliphatic heterocycles. The lowest BCUT2D eigenvalue weighted by Gasteiger charge is -2.18. The molecule has 2 aromatic rings. The maximum atomic E-state index is 12.5. The van der Waals surface area contributed by atoms with Gasteiger partial charge in [0.1, 0.15) is 0 Å². The molecular formula is C20H28N2O2S. The molecule has 0 saturated carbocycles. The molecule has 0 aliphatic rings. The molecule has 0 atom stereocenters. The molecule has 2 aromatic carbocycles. The van der Waals surface area contributed by atoms with Gasteiger partial charge >= 0.3 is 0 Å². The zero-order valence-electron chi connectivity index (χ0n) is 15.5. The van der Waals surface area contributed by atoms with Gasteiger partial charge in [-0.3, -0.25) is 0 Å². The number of hydrogen-bond acceptors (Lipinski definition) is 3. The molecule has 0 fully saturated rings. The lowest BCUT2D eigenvalue weighted by Crippen LogP contribution is -2.30. The molecule has 0 heterocycles. The molecule has 2 rings (SSSR count). The summed E-state index contributed by atoms with van der Waals surface area (Å²) in [6.45, 7) is 10.4. The minimum Gasteiger partial charge on any atom is -0.309 e. The van der Waals surface area contributed by atoms with Crippen LogP contribution < -0.4 is 5.32 Å². The minimum absolute atomic E-state index is 0.356. The van der Waals surface area contributed by atoms with E-state index in [-0.39, 0.29) is 0 Å². The SMILES string of the molecule is CCN(CC)S(=O)(=O)c1ccc(CNCc2ccc(C)c(C)c2)cc1. The molecule has 25 heavy (non-hydrogen) atoms. The van der Waals surface area contributed by atoms with E-state index in [0.29, 0.717) is 24.5 Å². The second kappa shape index (κ2) is 8.61. The van der Waals surface area contributed by atoms with Crippen molar-refractivity contribution in [2.24, 2.45) is 0 Å². The normalized spacial score (nSPS) is 11.9. The number of aryl methyl sites for hydroxylation is 2. The first kappa shape index (κ1) is 19.6. The van der Waals surface area contributed by atoms with E-state index >= 15 is 0 Å². The Kier molecular flexibility index (Phi) is 6.76.